The van der Waals surface area contributed by atoms with E-state index in [1.807, 2.05) is 19.9 Å². The first-order valence-electron chi connectivity index (χ1n) is 6.95. The van der Waals surface area contributed by atoms with Gasteiger partial charge in [-0.3, -0.25) is 0 Å². The predicted octanol–water partition coefficient (Wildman–Crippen LogP) is 3.50. The van der Waals surface area contributed by atoms with Crippen molar-refractivity contribution in [1.29, 1.82) is 0 Å². The van der Waals surface area contributed by atoms with Crippen LogP contribution in [0.4, 0.5) is 0 Å². The molecule has 1 N–H and O–H groups in total. The quantitative estimate of drug-likeness (QED) is 0.902. The average molecular weight is 326 g/mol. The number of nitrogens with one attached hydrogen (secondary N) is 1. The summed E-state index contributed by atoms with van der Waals surface area (Å²) in [7, 11) is 0. The van der Waals surface area contributed by atoms with Gasteiger partial charge in [0, 0.05) is 18.3 Å². The van der Waals surface area contributed by atoms with Crippen molar-refractivity contribution in [3.8, 4) is 11.5 Å². The van der Waals surface area contributed by atoms with E-state index in [-0.39, 0.29) is 0 Å². The fourth-order valence-corrected chi connectivity index (χ4v) is 3.32. The highest BCUT2D eigenvalue weighted by molar-refractivity contribution is 9.10. The number of ether oxygens (including phenoxy) is 2. The molecule has 0 aromatic heterocycles. The topological polar surface area (TPSA) is 30.5 Å². The van der Waals surface area contributed by atoms with E-state index in [4.69, 9.17) is 9.47 Å². The van der Waals surface area contributed by atoms with Crippen LogP contribution < -0.4 is 14.8 Å². The zero-order chi connectivity index (χ0) is 13.5. The van der Waals surface area contributed by atoms with Gasteiger partial charge < -0.3 is 14.8 Å². The molecule has 3 nitrogen and oxygen atoms in total. The molecule has 0 bridgehead atoms. The van der Waals surface area contributed by atoms with Crippen molar-refractivity contribution >= 4 is 15.9 Å². The minimum absolute atomic E-state index is 0.546. The summed E-state index contributed by atoms with van der Waals surface area (Å²) in [5, 5.41) is 3.41. The molecule has 2 aliphatic rings. The zero-order valence-corrected chi connectivity index (χ0v) is 13.0. The molecule has 1 saturated heterocycles. The average Bonchev–Trinajstić information content (AvgIpc) is 2.64. The molecule has 19 heavy (non-hydrogen) atoms. The molecule has 104 valence electrons. The lowest BCUT2D eigenvalue weighted by Gasteiger charge is -2.23. The first-order chi connectivity index (χ1) is 9.03. The SMILES string of the molecule is CC1(C)Oc2cc(Br)c(CC3CCNCC3)cc2O1. The van der Waals surface area contributed by atoms with Gasteiger partial charge in [0.25, 0.3) is 0 Å². The molecule has 0 saturated carbocycles. The van der Waals surface area contributed by atoms with E-state index in [9.17, 15) is 0 Å². The van der Waals surface area contributed by atoms with Crippen molar-refractivity contribution < 1.29 is 9.47 Å². The van der Waals surface area contributed by atoms with Gasteiger partial charge in [0.1, 0.15) is 0 Å². The van der Waals surface area contributed by atoms with Crippen molar-refractivity contribution in [2.75, 3.05) is 13.1 Å². The zero-order valence-electron chi connectivity index (χ0n) is 11.5. The monoisotopic (exact) mass is 325 g/mol. The Bertz CT molecular complexity index is 481. The third kappa shape index (κ3) is 2.90. The highest BCUT2D eigenvalue weighted by Crippen LogP contribution is 2.43. The van der Waals surface area contributed by atoms with Gasteiger partial charge >= 0.3 is 0 Å². The molecular formula is C15H20BrNO2. The van der Waals surface area contributed by atoms with Gasteiger partial charge in [-0.1, -0.05) is 15.9 Å². The molecule has 1 fully saturated rings. The number of rotatable bonds is 2. The Morgan fingerprint density at radius 1 is 1.21 bits per heavy atom. The fraction of sp³-hybridized carbons (Fsp3) is 0.600. The Balaban J connectivity index is 1.79. The summed E-state index contributed by atoms with van der Waals surface area (Å²) in [5.74, 6) is 1.93. The Morgan fingerprint density at radius 3 is 2.53 bits per heavy atom. The first-order valence-corrected chi connectivity index (χ1v) is 7.74. The van der Waals surface area contributed by atoms with E-state index in [0.717, 1.165) is 41.4 Å². The minimum Gasteiger partial charge on any atom is -0.449 e. The summed E-state index contributed by atoms with van der Waals surface area (Å²) in [4.78, 5) is 0. The van der Waals surface area contributed by atoms with Crippen molar-refractivity contribution in [3.05, 3.63) is 22.2 Å². The Morgan fingerprint density at radius 2 is 1.84 bits per heavy atom. The van der Waals surface area contributed by atoms with Gasteiger partial charge in [-0.25, -0.2) is 0 Å². The number of piperidine rings is 1. The second-order valence-electron chi connectivity index (χ2n) is 5.89. The lowest BCUT2D eigenvalue weighted by molar-refractivity contribution is -0.0431. The number of hydrogen-bond donors (Lipinski definition) is 1. The van der Waals surface area contributed by atoms with Crippen LogP contribution in [0.2, 0.25) is 0 Å². The van der Waals surface area contributed by atoms with Gasteiger partial charge in [-0.2, -0.15) is 0 Å². The number of fused-ring (bicyclic) bond motifs is 1. The Kier molecular flexibility index (Phi) is 3.48. The third-order valence-electron chi connectivity index (χ3n) is 3.79. The summed E-state index contributed by atoms with van der Waals surface area (Å²) in [6.45, 7) is 6.15. The summed E-state index contributed by atoms with van der Waals surface area (Å²) < 4.78 is 12.7. The fourth-order valence-electron chi connectivity index (χ4n) is 2.84. The van der Waals surface area contributed by atoms with Gasteiger partial charge in [0.05, 0.1) is 0 Å². The van der Waals surface area contributed by atoms with Crippen molar-refractivity contribution in [1.82, 2.24) is 5.32 Å². The smallest absolute Gasteiger partial charge is 0.246 e. The molecule has 0 aliphatic carbocycles. The maximum Gasteiger partial charge on any atom is 0.246 e. The first kappa shape index (κ1) is 13.3. The van der Waals surface area contributed by atoms with Crippen LogP contribution in [0, 0.1) is 5.92 Å². The second kappa shape index (κ2) is 4.98. The molecule has 1 aromatic rings. The molecule has 0 spiro atoms. The third-order valence-corrected chi connectivity index (χ3v) is 4.53. The van der Waals surface area contributed by atoms with Crippen LogP contribution in [-0.4, -0.2) is 18.9 Å². The van der Waals surface area contributed by atoms with Crippen LogP contribution in [0.1, 0.15) is 32.3 Å². The van der Waals surface area contributed by atoms with E-state index in [2.05, 4.69) is 27.3 Å². The Labute approximate surface area is 122 Å². The standard InChI is InChI=1S/C15H20BrNO2/c1-15(2)18-13-8-11(12(16)9-14(13)19-15)7-10-3-5-17-6-4-10/h8-10,17H,3-7H2,1-2H3. The molecule has 0 unspecified atom stereocenters. The van der Waals surface area contributed by atoms with E-state index >= 15 is 0 Å². The maximum atomic E-state index is 5.82. The molecule has 0 radical (unpaired) electrons. The van der Waals surface area contributed by atoms with Gasteiger partial charge in [-0.05, 0) is 56.0 Å². The highest BCUT2D eigenvalue weighted by Gasteiger charge is 2.32. The summed E-state index contributed by atoms with van der Waals surface area (Å²) >= 11 is 3.66. The van der Waals surface area contributed by atoms with Crippen LogP contribution in [0.15, 0.2) is 16.6 Å². The van der Waals surface area contributed by atoms with Gasteiger partial charge in [0.15, 0.2) is 11.5 Å². The van der Waals surface area contributed by atoms with E-state index in [0.29, 0.717) is 0 Å². The molecule has 0 atom stereocenters. The van der Waals surface area contributed by atoms with Gasteiger partial charge in [-0.15, -0.1) is 0 Å². The van der Waals surface area contributed by atoms with Crippen LogP contribution in [0.3, 0.4) is 0 Å². The molecule has 0 amide bonds. The predicted molar refractivity (Wildman–Crippen MR) is 78.8 cm³/mol. The molecular weight excluding hydrogens is 306 g/mol. The Hall–Kier alpha value is -0.740. The van der Waals surface area contributed by atoms with E-state index in [1.54, 1.807) is 0 Å². The van der Waals surface area contributed by atoms with Crippen molar-refractivity contribution in [2.45, 2.75) is 38.9 Å². The van der Waals surface area contributed by atoms with E-state index in [1.165, 1.54) is 18.4 Å². The summed E-state index contributed by atoms with van der Waals surface area (Å²) in [5.41, 5.74) is 1.33. The normalized spacial score (nSPS) is 21.6. The van der Waals surface area contributed by atoms with Crippen molar-refractivity contribution in [3.63, 3.8) is 0 Å². The number of halogens is 1. The highest BCUT2D eigenvalue weighted by atomic mass is 79.9. The lowest BCUT2D eigenvalue weighted by atomic mass is 9.91. The largest absolute Gasteiger partial charge is 0.449 e. The molecule has 4 heteroatoms. The number of benzene rings is 1. The van der Waals surface area contributed by atoms with Crippen LogP contribution in [-0.2, 0) is 6.42 Å². The minimum atomic E-state index is -0.546. The van der Waals surface area contributed by atoms with Crippen molar-refractivity contribution in [2.24, 2.45) is 5.92 Å². The summed E-state index contributed by atoms with van der Waals surface area (Å²) in [6, 6.07) is 4.18. The maximum absolute atomic E-state index is 5.82. The van der Waals surface area contributed by atoms with E-state index < -0.39 is 5.79 Å². The lowest BCUT2D eigenvalue weighted by Crippen LogP contribution is -2.29. The molecule has 3 rings (SSSR count). The molecule has 2 heterocycles. The van der Waals surface area contributed by atoms with Crippen LogP contribution >= 0.6 is 15.9 Å². The second-order valence-corrected chi connectivity index (χ2v) is 6.75. The van der Waals surface area contributed by atoms with Crippen LogP contribution in [0.25, 0.3) is 0 Å². The summed E-state index contributed by atoms with van der Waals surface area (Å²) in [6.07, 6.45) is 3.62. The molecule has 1 aromatic carbocycles. The molecule has 2 aliphatic heterocycles. The van der Waals surface area contributed by atoms with Crippen LogP contribution in [0.5, 0.6) is 11.5 Å². The van der Waals surface area contributed by atoms with Gasteiger partial charge in [0.2, 0.25) is 5.79 Å². The number of hydrogen-bond acceptors (Lipinski definition) is 3.